The van der Waals surface area contributed by atoms with Gasteiger partial charge in [-0.05, 0) is 39.2 Å². The Kier molecular flexibility index (Phi) is 7.17. The number of halogens is 1. The second-order valence-electron chi connectivity index (χ2n) is 7.38. The minimum absolute atomic E-state index is 0.0272. The van der Waals surface area contributed by atoms with Crippen LogP contribution in [0.2, 0.25) is 0 Å². The van der Waals surface area contributed by atoms with Crippen molar-refractivity contribution in [2.45, 2.75) is 12.5 Å². The number of aromatic nitrogens is 2. The van der Waals surface area contributed by atoms with E-state index in [0.717, 1.165) is 4.57 Å². The van der Waals surface area contributed by atoms with Gasteiger partial charge in [-0.25, -0.2) is 9.59 Å². The number of hydrogen-bond acceptors (Lipinski definition) is 5. The summed E-state index contributed by atoms with van der Waals surface area (Å²) in [7, 11) is 4.38. The number of ether oxygens (including phenoxy) is 1. The molecule has 0 aliphatic carbocycles. The van der Waals surface area contributed by atoms with Crippen molar-refractivity contribution in [1.82, 2.24) is 14.5 Å². The number of nitrogens with one attached hydrogen (secondary N) is 1. The Morgan fingerprint density at radius 2 is 1.79 bits per heavy atom. The van der Waals surface area contributed by atoms with Crippen LogP contribution in [0.4, 0.5) is 0 Å². The number of aryl methyl sites for hydroxylation is 1. The normalized spacial score (nSPS) is 11.6. The molecule has 0 fully saturated rings. The molecule has 33 heavy (non-hydrogen) atoms. The summed E-state index contributed by atoms with van der Waals surface area (Å²) in [5.74, 6) is -1.46. The monoisotopic (exact) mass is 515 g/mol. The van der Waals surface area contributed by atoms with Crippen molar-refractivity contribution in [3.63, 3.8) is 0 Å². The third-order valence-electron chi connectivity index (χ3n) is 5.18. The van der Waals surface area contributed by atoms with E-state index >= 15 is 0 Å². The molecule has 9 nitrogen and oxygen atoms in total. The predicted octanol–water partition coefficient (Wildman–Crippen LogP) is 1.95. The predicted molar refractivity (Wildman–Crippen MR) is 126 cm³/mol. The van der Waals surface area contributed by atoms with Gasteiger partial charge in [0.25, 0.3) is 11.5 Å². The summed E-state index contributed by atoms with van der Waals surface area (Å²) in [5, 5.41) is 12.2. The summed E-state index contributed by atoms with van der Waals surface area (Å²) in [4.78, 5) is 48.9. The van der Waals surface area contributed by atoms with Gasteiger partial charge in [0.15, 0.2) is 0 Å². The fourth-order valence-electron chi connectivity index (χ4n) is 3.39. The summed E-state index contributed by atoms with van der Waals surface area (Å²) in [6, 6.07) is 10.5. The van der Waals surface area contributed by atoms with Crippen LogP contribution < -0.4 is 21.3 Å². The molecule has 1 heterocycles. The van der Waals surface area contributed by atoms with Gasteiger partial charge < -0.3 is 19.7 Å². The van der Waals surface area contributed by atoms with Crippen LogP contribution in [0, 0.1) is 0 Å². The summed E-state index contributed by atoms with van der Waals surface area (Å²) < 4.78 is 8.03. The van der Waals surface area contributed by atoms with Crippen molar-refractivity contribution < 1.29 is 19.4 Å². The standard InChI is InChI=1S/C23H22BrN3O6/c1-26-12-15(21(29)27(2)23(26)32)14-9-7-13(8-10-14)11-17(22(30)31)25-20(28)19-16(24)5-4-6-18(19)33-3/h4-10,12,17H,11H2,1-3H3,(H,25,28)(H,30,31)/t17-/m0/s1. The van der Waals surface area contributed by atoms with Gasteiger partial charge in [0.2, 0.25) is 0 Å². The fourth-order valence-corrected chi connectivity index (χ4v) is 3.92. The Morgan fingerprint density at radius 1 is 1.12 bits per heavy atom. The lowest BCUT2D eigenvalue weighted by Crippen LogP contribution is -2.42. The number of carboxylic acids is 1. The molecule has 1 amide bonds. The maximum atomic E-state index is 12.8. The van der Waals surface area contributed by atoms with Gasteiger partial charge >= 0.3 is 11.7 Å². The highest BCUT2D eigenvalue weighted by Crippen LogP contribution is 2.26. The molecule has 0 saturated heterocycles. The average molecular weight is 516 g/mol. The zero-order chi connectivity index (χ0) is 24.3. The number of nitrogens with zero attached hydrogens (tertiary/aromatic N) is 2. The minimum atomic E-state index is -1.19. The van der Waals surface area contributed by atoms with Crippen molar-refractivity contribution in [3.8, 4) is 16.9 Å². The van der Waals surface area contributed by atoms with Gasteiger partial charge in [0, 0.05) is 31.2 Å². The van der Waals surface area contributed by atoms with E-state index in [0.29, 0.717) is 26.9 Å². The maximum absolute atomic E-state index is 12.8. The van der Waals surface area contributed by atoms with E-state index in [9.17, 15) is 24.3 Å². The number of rotatable bonds is 7. The molecule has 0 bridgehead atoms. The largest absolute Gasteiger partial charge is 0.496 e. The van der Waals surface area contributed by atoms with Gasteiger partial charge in [0.1, 0.15) is 11.8 Å². The first-order valence-corrected chi connectivity index (χ1v) is 10.7. The number of hydrogen-bond donors (Lipinski definition) is 2. The molecule has 0 unspecified atom stereocenters. The van der Waals surface area contributed by atoms with E-state index in [-0.39, 0.29) is 12.0 Å². The highest BCUT2D eigenvalue weighted by molar-refractivity contribution is 9.10. The molecule has 10 heteroatoms. The Balaban J connectivity index is 1.83. The molecule has 0 radical (unpaired) electrons. The average Bonchev–Trinajstić information content (AvgIpc) is 2.79. The zero-order valence-corrected chi connectivity index (χ0v) is 19.8. The fraction of sp³-hybridized carbons (Fsp3) is 0.217. The van der Waals surface area contributed by atoms with E-state index in [1.165, 1.54) is 24.9 Å². The van der Waals surface area contributed by atoms with Crippen molar-refractivity contribution in [2.24, 2.45) is 14.1 Å². The summed E-state index contributed by atoms with van der Waals surface area (Å²) in [5.41, 5.74) is 0.921. The van der Waals surface area contributed by atoms with Gasteiger partial charge in [-0.2, -0.15) is 0 Å². The Bertz CT molecular complexity index is 1330. The lowest BCUT2D eigenvalue weighted by molar-refractivity contribution is -0.139. The Labute approximate surface area is 197 Å². The molecule has 0 spiro atoms. The number of carbonyl (C=O) groups is 2. The molecule has 3 aromatic rings. The van der Waals surface area contributed by atoms with Crippen molar-refractivity contribution >= 4 is 27.8 Å². The third kappa shape index (κ3) is 5.06. The molecule has 2 aromatic carbocycles. The molecule has 0 saturated carbocycles. The number of carbonyl (C=O) groups excluding carboxylic acids is 1. The van der Waals surface area contributed by atoms with Crippen LogP contribution in [0.1, 0.15) is 15.9 Å². The zero-order valence-electron chi connectivity index (χ0n) is 18.2. The molecule has 0 aliphatic heterocycles. The number of methoxy groups -OCH3 is 1. The Morgan fingerprint density at radius 3 is 2.39 bits per heavy atom. The summed E-state index contributed by atoms with van der Waals surface area (Å²) >= 11 is 3.30. The Hall–Kier alpha value is -3.66. The molecule has 1 atom stereocenters. The smallest absolute Gasteiger partial charge is 0.330 e. The summed E-state index contributed by atoms with van der Waals surface area (Å²) in [6.07, 6.45) is 1.49. The van der Waals surface area contributed by atoms with Crippen LogP contribution in [0.5, 0.6) is 5.75 Å². The molecule has 172 valence electrons. The molecule has 0 aliphatic rings. The molecule has 1 aromatic heterocycles. The van der Waals surface area contributed by atoms with E-state index in [2.05, 4.69) is 21.2 Å². The van der Waals surface area contributed by atoms with Crippen molar-refractivity contribution in [3.05, 3.63) is 85.1 Å². The third-order valence-corrected chi connectivity index (χ3v) is 5.84. The van der Waals surface area contributed by atoms with E-state index in [1.807, 2.05) is 0 Å². The topological polar surface area (TPSA) is 120 Å². The lowest BCUT2D eigenvalue weighted by atomic mass is 10.0. The lowest BCUT2D eigenvalue weighted by Gasteiger charge is -2.17. The van der Waals surface area contributed by atoms with Gasteiger partial charge in [-0.1, -0.05) is 30.3 Å². The molecule has 3 rings (SSSR count). The first kappa shape index (κ1) is 24.0. The van der Waals surface area contributed by atoms with Crippen LogP contribution in [-0.2, 0) is 25.3 Å². The van der Waals surface area contributed by atoms with Crippen molar-refractivity contribution in [1.29, 1.82) is 0 Å². The van der Waals surface area contributed by atoms with E-state index in [4.69, 9.17) is 4.74 Å². The highest BCUT2D eigenvalue weighted by Gasteiger charge is 2.24. The molecule has 2 N–H and O–H groups in total. The van der Waals surface area contributed by atoms with Crippen LogP contribution in [-0.4, -0.2) is 39.3 Å². The highest BCUT2D eigenvalue weighted by atomic mass is 79.9. The first-order chi connectivity index (χ1) is 15.6. The number of benzene rings is 2. The first-order valence-electron chi connectivity index (χ1n) is 9.86. The van der Waals surface area contributed by atoms with Crippen LogP contribution in [0.3, 0.4) is 0 Å². The number of amides is 1. The quantitative estimate of drug-likeness (QED) is 0.496. The van der Waals surface area contributed by atoms with Gasteiger partial charge in [-0.3, -0.25) is 14.2 Å². The molecular weight excluding hydrogens is 494 g/mol. The van der Waals surface area contributed by atoms with E-state index < -0.39 is 29.2 Å². The minimum Gasteiger partial charge on any atom is -0.496 e. The molecular formula is C23H22BrN3O6. The SMILES string of the molecule is COc1cccc(Br)c1C(=O)N[C@@H](Cc1ccc(-c2cn(C)c(=O)n(C)c2=O)cc1)C(=O)O. The second-order valence-corrected chi connectivity index (χ2v) is 8.24. The number of carboxylic acid groups (broad SMARTS) is 1. The van der Waals surface area contributed by atoms with Gasteiger partial charge in [-0.15, -0.1) is 0 Å². The number of aliphatic carboxylic acids is 1. The van der Waals surface area contributed by atoms with Crippen LogP contribution in [0.25, 0.3) is 11.1 Å². The van der Waals surface area contributed by atoms with Gasteiger partial charge in [0.05, 0.1) is 18.2 Å². The second kappa shape index (κ2) is 9.86. The van der Waals surface area contributed by atoms with E-state index in [1.54, 1.807) is 49.5 Å². The van der Waals surface area contributed by atoms with Crippen LogP contribution >= 0.6 is 15.9 Å². The van der Waals surface area contributed by atoms with Crippen LogP contribution in [0.15, 0.2) is 62.7 Å². The summed E-state index contributed by atoms with van der Waals surface area (Å²) in [6.45, 7) is 0. The maximum Gasteiger partial charge on any atom is 0.330 e. The van der Waals surface area contributed by atoms with Crippen molar-refractivity contribution in [2.75, 3.05) is 7.11 Å².